The Balaban J connectivity index is 1.32. The molecule has 1 fully saturated rings. The molecule has 31 heavy (non-hydrogen) atoms. The topological polar surface area (TPSA) is 130 Å². The first kappa shape index (κ1) is 19.2. The number of hydrogen-bond acceptors (Lipinski definition) is 9. The number of nitrogens with one attached hydrogen (secondary N) is 4. The highest BCUT2D eigenvalue weighted by Gasteiger charge is 2.16. The third kappa shape index (κ3) is 4.25. The molecule has 1 aliphatic heterocycles. The van der Waals surface area contributed by atoms with Crippen LogP contribution < -0.4 is 21.7 Å². The normalized spacial score (nSPS) is 16.4. The van der Waals surface area contributed by atoms with Crippen LogP contribution in [0.15, 0.2) is 51.9 Å². The minimum atomic E-state index is -0.484. The molecule has 5 rings (SSSR count). The van der Waals surface area contributed by atoms with E-state index in [4.69, 9.17) is 9.15 Å². The molecule has 3 aromatic heterocycles. The van der Waals surface area contributed by atoms with E-state index in [0.29, 0.717) is 29.5 Å². The fourth-order valence-electron chi connectivity index (χ4n) is 3.35. The maximum absolute atomic E-state index is 11.4. The van der Waals surface area contributed by atoms with Gasteiger partial charge in [-0.1, -0.05) is 0 Å². The van der Waals surface area contributed by atoms with E-state index in [1.54, 1.807) is 24.5 Å². The summed E-state index contributed by atoms with van der Waals surface area (Å²) in [5.41, 5.74) is 4.43. The number of pyridine rings is 1. The summed E-state index contributed by atoms with van der Waals surface area (Å²) < 4.78 is 10.8. The standard InChI is InChI=1S/C21H21N7O3/c1-12-9-24-20(26-14-2-4-15(23-10-14)18-11-22-6-7-30-18)28-19(12)25-13-3-5-17-16(8-13)27-21(29)31-17/h2-5,8-10,18,22H,6-7,11H2,1H3,(H,27,29)(H2,24,25,26,28). The third-order valence-corrected chi connectivity index (χ3v) is 4.95. The van der Waals surface area contributed by atoms with Gasteiger partial charge >= 0.3 is 5.76 Å². The number of aromatic amines is 1. The van der Waals surface area contributed by atoms with Gasteiger partial charge in [-0.3, -0.25) is 9.97 Å². The number of benzene rings is 1. The molecule has 0 spiro atoms. The van der Waals surface area contributed by atoms with Crippen molar-refractivity contribution in [3.8, 4) is 0 Å². The molecule has 0 saturated carbocycles. The molecule has 1 atom stereocenters. The van der Waals surface area contributed by atoms with Crippen molar-refractivity contribution in [1.82, 2.24) is 25.3 Å². The lowest BCUT2D eigenvalue weighted by Crippen LogP contribution is -2.33. The summed E-state index contributed by atoms with van der Waals surface area (Å²) in [4.78, 5) is 27.4. The van der Waals surface area contributed by atoms with Gasteiger partial charge in [0.1, 0.15) is 11.9 Å². The van der Waals surface area contributed by atoms with Gasteiger partial charge in [0.15, 0.2) is 5.58 Å². The van der Waals surface area contributed by atoms with Crippen LogP contribution in [0.1, 0.15) is 17.4 Å². The Labute approximate surface area is 177 Å². The largest absolute Gasteiger partial charge is 0.417 e. The number of hydrogen-bond donors (Lipinski definition) is 4. The number of anilines is 4. The zero-order valence-electron chi connectivity index (χ0n) is 16.8. The van der Waals surface area contributed by atoms with Crippen molar-refractivity contribution in [2.45, 2.75) is 13.0 Å². The van der Waals surface area contributed by atoms with Crippen molar-refractivity contribution in [3.63, 3.8) is 0 Å². The molecule has 0 bridgehead atoms. The molecule has 1 unspecified atom stereocenters. The smallest absolute Gasteiger partial charge is 0.408 e. The highest BCUT2D eigenvalue weighted by atomic mass is 16.5. The summed E-state index contributed by atoms with van der Waals surface area (Å²) in [6.07, 6.45) is 3.45. The predicted molar refractivity (Wildman–Crippen MR) is 116 cm³/mol. The predicted octanol–water partition coefficient (Wildman–Crippen LogP) is 2.76. The van der Waals surface area contributed by atoms with Gasteiger partial charge in [-0.05, 0) is 37.3 Å². The van der Waals surface area contributed by atoms with Crippen molar-refractivity contribution >= 4 is 34.2 Å². The molecule has 0 amide bonds. The van der Waals surface area contributed by atoms with Crippen LogP contribution in [-0.2, 0) is 4.74 Å². The molecular formula is C21H21N7O3. The minimum absolute atomic E-state index is 0.0308. The molecule has 0 radical (unpaired) electrons. The molecule has 1 aliphatic rings. The van der Waals surface area contributed by atoms with E-state index in [2.05, 4.69) is 35.9 Å². The van der Waals surface area contributed by atoms with E-state index < -0.39 is 5.76 Å². The lowest BCUT2D eigenvalue weighted by molar-refractivity contribution is 0.0250. The molecule has 10 nitrogen and oxygen atoms in total. The first-order chi connectivity index (χ1) is 15.1. The number of oxazole rings is 1. The Morgan fingerprint density at radius 1 is 1.10 bits per heavy atom. The van der Waals surface area contributed by atoms with E-state index in [9.17, 15) is 4.79 Å². The zero-order chi connectivity index (χ0) is 21.2. The van der Waals surface area contributed by atoms with Gasteiger partial charge < -0.3 is 25.1 Å². The number of H-pyrrole nitrogens is 1. The summed E-state index contributed by atoms with van der Waals surface area (Å²) in [6.45, 7) is 4.22. The van der Waals surface area contributed by atoms with E-state index in [1.807, 2.05) is 25.1 Å². The summed E-state index contributed by atoms with van der Waals surface area (Å²) in [7, 11) is 0. The second-order valence-corrected chi connectivity index (χ2v) is 7.24. The van der Waals surface area contributed by atoms with Crippen LogP contribution in [0.5, 0.6) is 0 Å². The lowest BCUT2D eigenvalue weighted by Gasteiger charge is -2.23. The fourth-order valence-corrected chi connectivity index (χ4v) is 3.35. The number of aryl methyl sites for hydroxylation is 1. The number of nitrogens with zero attached hydrogens (tertiary/aromatic N) is 3. The number of aromatic nitrogens is 4. The molecule has 10 heteroatoms. The molecule has 1 aromatic carbocycles. The molecule has 4 N–H and O–H groups in total. The molecule has 0 aliphatic carbocycles. The average molecular weight is 419 g/mol. The summed E-state index contributed by atoms with van der Waals surface area (Å²) in [6, 6.07) is 9.20. The van der Waals surface area contributed by atoms with Crippen LogP contribution in [0.4, 0.5) is 23.1 Å². The second-order valence-electron chi connectivity index (χ2n) is 7.24. The van der Waals surface area contributed by atoms with Gasteiger partial charge in [-0.2, -0.15) is 4.98 Å². The van der Waals surface area contributed by atoms with Gasteiger partial charge in [0.2, 0.25) is 5.95 Å². The summed E-state index contributed by atoms with van der Waals surface area (Å²) >= 11 is 0. The average Bonchev–Trinajstić information content (AvgIpc) is 3.16. The molecule has 4 aromatic rings. The van der Waals surface area contributed by atoms with Crippen molar-refractivity contribution in [2.24, 2.45) is 0 Å². The summed E-state index contributed by atoms with van der Waals surface area (Å²) in [5.74, 6) is 0.604. The van der Waals surface area contributed by atoms with Crippen LogP contribution in [0.2, 0.25) is 0 Å². The number of morpholine rings is 1. The van der Waals surface area contributed by atoms with E-state index >= 15 is 0 Å². The monoisotopic (exact) mass is 419 g/mol. The van der Waals surface area contributed by atoms with Gasteiger partial charge in [0.25, 0.3) is 0 Å². The van der Waals surface area contributed by atoms with Gasteiger partial charge in [0, 0.05) is 30.5 Å². The zero-order valence-corrected chi connectivity index (χ0v) is 16.8. The van der Waals surface area contributed by atoms with Gasteiger partial charge in [-0.15, -0.1) is 0 Å². The van der Waals surface area contributed by atoms with E-state index in [1.165, 1.54) is 0 Å². The van der Waals surface area contributed by atoms with Crippen LogP contribution in [0.25, 0.3) is 11.1 Å². The van der Waals surface area contributed by atoms with Gasteiger partial charge in [0.05, 0.1) is 29.7 Å². The van der Waals surface area contributed by atoms with Crippen molar-refractivity contribution < 1.29 is 9.15 Å². The molecule has 4 heterocycles. The summed E-state index contributed by atoms with van der Waals surface area (Å²) in [5, 5.41) is 9.73. The van der Waals surface area contributed by atoms with Crippen molar-refractivity contribution in [1.29, 1.82) is 0 Å². The Morgan fingerprint density at radius 3 is 2.81 bits per heavy atom. The maximum Gasteiger partial charge on any atom is 0.417 e. The van der Waals surface area contributed by atoms with Crippen LogP contribution >= 0.6 is 0 Å². The SMILES string of the molecule is Cc1cnc(Nc2ccc(C3CNCCO3)nc2)nc1Nc1ccc2oc(=O)[nH]c2c1. The fraction of sp³-hybridized carbons (Fsp3) is 0.238. The molecule has 1 saturated heterocycles. The molecular weight excluding hydrogens is 398 g/mol. The van der Waals surface area contributed by atoms with E-state index in [0.717, 1.165) is 35.7 Å². The quantitative estimate of drug-likeness (QED) is 0.386. The Bertz CT molecular complexity index is 1260. The van der Waals surface area contributed by atoms with Crippen LogP contribution in [-0.4, -0.2) is 39.6 Å². The van der Waals surface area contributed by atoms with E-state index in [-0.39, 0.29) is 6.10 Å². The number of rotatable bonds is 5. The Kier molecular flexibility index (Phi) is 5.06. The highest BCUT2D eigenvalue weighted by Crippen LogP contribution is 2.24. The number of fused-ring (bicyclic) bond motifs is 1. The highest BCUT2D eigenvalue weighted by molar-refractivity contribution is 5.78. The Hall–Kier alpha value is -3.76. The molecule has 158 valence electrons. The first-order valence-electron chi connectivity index (χ1n) is 9.93. The van der Waals surface area contributed by atoms with Crippen molar-refractivity contribution in [3.05, 3.63) is 64.5 Å². The van der Waals surface area contributed by atoms with Crippen molar-refractivity contribution in [2.75, 3.05) is 30.3 Å². The second kappa shape index (κ2) is 8.17. The van der Waals surface area contributed by atoms with Crippen LogP contribution in [0, 0.1) is 6.92 Å². The Morgan fingerprint density at radius 2 is 2.00 bits per heavy atom. The lowest BCUT2D eigenvalue weighted by atomic mass is 10.2. The number of ether oxygens (including phenoxy) is 1. The minimum Gasteiger partial charge on any atom is -0.408 e. The van der Waals surface area contributed by atoms with Gasteiger partial charge in [-0.25, -0.2) is 9.78 Å². The maximum atomic E-state index is 11.4. The van der Waals surface area contributed by atoms with Crippen LogP contribution in [0.3, 0.4) is 0 Å². The first-order valence-corrected chi connectivity index (χ1v) is 9.93. The third-order valence-electron chi connectivity index (χ3n) is 4.95.